The molecule has 4 rings (SSSR count). The van der Waals surface area contributed by atoms with Crippen LogP contribution < -0.4 is 5.56 Å². The van der Waals surface area contributed by atoms with Gasteiger partial charge in [-0.1, -0.05) is 15.9 Å². The molecule has 1 aromatic carbocycles. The number of thioether (sulfide) groups is 1. The number of thiophene rings is 1. The van der Waals surface area contributed by atoms with Crippen molar-refractivity contribution in [1.82, 2.24) is 9.97 Å². The van der Waals surface area contributed by atoms with Gasteiger partial charge in [-0.15, -0.1) is 23.1 Å². The molecule has 2 aromatic heterocycles. The number of nitrogens with zero attached hydrogens (tertiary/aromatic N) is 1. The minimum Gasteiger partial charge on any atom is -0.309 e. The van der Waals surface area contributed by atoms with Gasteiger partial charge in [0.1, 0.15) is 10.7 Å². The average molecular weight is 393 g/mol. The summed E-state index contributed by atoms with van der Waals surface area (Å²) in [5.41, 5.74) is 1.26. The first-order valence-corrected chi connectivity index (χ1v) is 9.72. The van der Waals surface area contributed by atoms with E-state index in [4.69, 9.17) is 0 Å². The van der Waals surface area contributed by atoms with Crippen molar-refractivity contribution in [3.63, 3.8) is 0 Å². The smallest absolute Gasteiger partial charge is 0.259 e. The molecule has 0 saturated carbocycles. The third kappa shape index (κ3) is 2.64. The molecule has 0 radical (unpaired) electrons. The molecule has 0 aliphatic heterocycles. The summed E-state index contributed by atoms with van der Waals surface area (Å²) < 4.78 is 1.07. The first kappa shape index (κ1) is 14.5. The van der Waals surface area contributed by atoms with Crippen molar-refractivity contribution >= 4 is 49.2 Å². The molecule has 6 heteroatoms. The Hall–Kier alpha value is -1.11. The van der Waals surface area contributed by atoms with Crippen molar-refractivity contribution in [2.75, 3.05) is 0 Å². The predicted octanol–water partition coefficient (Wildman–Crippen LogP) is 4.53. The number of hydrogen-bond donors (Lipinski definition) is 1. The lowest BCUT2D eigenvalue weighted by Crippen LogP contribution is -2.11. The molecule has 3 aromatic rings. The number of benzene rings is 1. The molecule has 0 atom stereocenters. The van der Waals surface area contributed by atoms with E-state index in [1.54, 1.807) is 23.1 Å². The van der Waals surface area contributed by atoms with Gasteiger partial charge >= 0.3 is 0 Å². The van der Waals surface area contributed by atoms with E-state index in [-0.39, 0.29) is 5.56 Å². The lowest BCUT2D eigenvalue weighted by molar-refractivity contribution is 0.916. The Labute approximate surface area is 144 Å². The van der Waals surface area contributed by atoms with Crippen LogP contribution in [0.1, 0.15) is 22.7 Å². The van der Waals surface area contributed by atoms with Gasteiger partial charge in [0.15, 0.2) is 0 Å². The fourth-order valence-corrected chi connectivity index (χ4v) is 5.11. The number of hydrogen-bond acceptors (Lipinski definition) is 4. The highest BCUT2D eigenvalue weighted by Crippen LogP contribution is 2.34. The number of aromatic amines is 1. The fraction of sp³-hybridized carbons (Fsp3) is 0.250. The summed E-state index contributed by atoms with van der Waals surface area (Å²) in [7, 11) is 0. The first-order chi connectivity index (χ1) is 10.7. The van der Waals surface area contributed by atoms with Crippen LogP contribution in [0, 0.1) is 0 Å². The lowest BCUT2D eigenvalue weighted by Gasteiger charge is -2.02. The molecule has 2 heterocycles. The van der Waals surface area contributed by atoms with Gasteiger partial charge in [-0.05, 0) is 49.1 Å². The average Bonchev–Trinajstić information content (AvgIpc) is 3.06. The van der Waals surface area contributed by atoms with Crippen LogP contribution in [0.5, 0.6) is 0 Å². The number of aryl methyl sites for hydroxylation is 2. The van der Waals surface area contributed by atoms with E-state index < -0.39 is 0 Å². The van der Waals surface area contributed by atoms with Crippen molar-refractivity contribution in [3.05, 3.63) is 55.4 Å². The SMILES string of the molecule is O=c1[nH]c(CSc2ccc(Br)cc2)nc2sc3c(c12)CCC3. The number of nitrogens with one attached hydrogen (secondary N) is 1. The van der Waals surface area contributed by atoms with Crippen LogP contribution in [0.2, 0.25) is 0 Å². The highest BCUT2D eigenvalue weighted by molar-refractivity contribution is 9.10. The van der Waals surface area contributed by atoms with E-state index in [1.807, 2.05) is 12.1 Å². The first-order valence-electron chi connectivity index (χ1n) is 7.12. The topological polar surface area (TPSA) is 45.8 Å². The molecular formula is C16H13BrN2OS2. The zero-order valence-electron chi connectivity index (χ0n) is 11.7. The highest BCUT2D eigenvalue weighted by atomic mass is 79.9. The molecule has 3 nitrogen and oxygen atoms in total. The van der Waals surface area contributed by atoms with Crippen molar-refractivity contribution in [1.29, 1.82) is 0 Å². The molecule has 1 aliphatic rings. The molecule has 0 amide bonds. The van der Waals surface area contributed by atoms with Gasteiger partial charge in [0.25, 0.3) is 5.56 Å². The largest absolute Gasteiger partial charge is 0.309 e. The predicted molar refractivity (Wildman–Crippen MR) is 96.0 cm³/mol. The van der Waals surface area contributed by atoms with E-state index in [9.17, 15) is 4.79 Å². The fourth-order valence-electron chi connectivity index (χ4n) is 2.80. The van der Waals surface area contributed by atoms with Crippen molar-refractivity contribution in [2.24, 2.45) is 0 Å². The van der Waals surface area contributed by atoms with Crippen LogP contribution in [0.4, 0.5) is 0 Å². The Morgan fingerprint density at radius 3 is 2.91 bits per heavy atom. The van der Waals surface area contributed by atoms with Gasteiger partial charge in [0, 0.05) is 14.2 Å². The Morgan fingerprint density at radius 2 is 2.09 bits per heavy atom. The zero-order chi connectivity index (χ0) is 15.1. The van der Waals surface area contributed by atoms with E-state index in [1.165, 1.54) is 15.3 Å². The standard InChI is InChI=1S/C16H13BrN2OS2/c17-9-4-6-10(7-5-9)21-8-13-18-15(20)14-11-2-1-3-12(11)22-16(14)19-13/h4-7H,1-3,8H2,(H,18,19,20). The Kier molecular flexibility index (Phi) is 3.84. The number of aromatic nitrogens is 2. The number of halogens is 1. The summed E-state index contributed by atoms with van der Waals surface area (Å²) in [4.78, 5) is 23.4. The molecular weight excluding hydrogens is 380 g/mol. The number of rotatable bonds is 3. The lowest BCUT2D eigenvalue weighted by atomic mass is 10.2. The molecule has 0 fully saturated rings. The molecule has 22 heavy (non-hydrogen) atoms. The summed E-state index contributed by atoms with van der Waals surface area (Å²) >= 11 is 6.80. The Morgan fingerprint density at radius 1 is 1.27 bits per heavy atom. The normalized spacial score (nSPS) is 13.7. The maximum Gasteiger partial charge on any atom is 0.259 e. The van der Waals surface area contributed by atoms with Gasteiger partial charge in [0.05, 0.1) is 11.1 Å². The Balaban J connectivity index is 1.63. The molecule has 1 N–H and O–H groups in total. The second-order valence-electron chi connectivity index (χ2n) is 5.29. The van der Waals surface area contributed by atoms with Gasteiger partial charge in [0.2, 0.25) is 0 Å². The van der Waals surface area contributed by atoms with E-state index in [0.29, 0.717) is 5.75 Å². The quantitative estimate of drug-likeness (QED) is 0.665. The van der Waals surface area contributed by atoms with Crippen LogP contribution in [0.25, 0.3) is 10.2 Å². The van der Waals surface area contributed by atoms with Gasteiger partial charge < -0.3 is 4.98 Å². The molecule has 0 spiro atoms. The second kappa shape index (κ2) is 5.83. The van der Waals surface area contributed by atoms with Crippen LogP contribution in [-0.4, -0.2) is 9.97 Å². The van der Waals surface area contributed by atoms with Crippen LogP contribution >= 0.6 is 39.0 Å². The van der Waals surface area contributed by atoms with Gasteiger partial charge in [-0.3, -0.25) is 4.79 Å². The van der Waals surface area contributed by atoms with Crippen LogP contribution in [0.3, 0.4) is 0 Å². The molecule has 112 valence electrons. The maximum atomic E-state index is 12.4. The highest BCUT2D eigenvalue weighted by Gasteiger charge is 2.20. The molecule has 0 bridgehead atoms. The maximum absolute atomic E-state index is 12.4. The minimum absolute atomic E-state index is 0.0239. The summed E-state index contributed by atoms with van der Waals surface area (Å²) in [5.74, 6) is 1.43. The van der Waals surface area contributed by atoms with E-state index >= 15 is 0 Å². The van der Waals surface area contributed by atoms with Crippen molar-refractivity contribution in [2.45, 2.75) is 29.9 Å². The number of H-pyrrole nitrogens is 1. The summed E-state index contributed by atoms with van der Waals surface area (Å²) in [6.45, 7) is 0. The van der Waals surface area contributed by atoms with Crippen molar-refractivity contribution in [3.8, 4) is 0 Å². The summed E-state index contributed by atoms with van der Waals surface area (Å²) in [5, 5.41) is 0.829. The van der Waals surface area contributed by atoms with Crippen molar-refractivity contribution < 1.29 is 0 Å². The summed E-state index contributed by atoms with van der Waals surface area (Å²) in [6.07, 6.45) is 3.28. The van der Waals surface area contributed by atoms with Gasteiger partial charge in [-0.2, -0.15) is 0 Å². The van der Waals surface area contributed by atoms with E-state index in [2.05, 4.69) is 38.0 Å². The zero-order valence-corrected chi connectivity index (χ0v) is 14.9. The third-order valence-electron chi connectivity index (χ3n) is 3.81. The van der Waals surface area contributed by atoms with Crippen LogP contribution in [0.15, 0.2) is 38.4 Å². The second-order valence-corrected chi connectivity index (χ2v) is 8.34. The number of fused-ring (bicyclic) bond motifs is 3. The van der Waals surface area contributed by atoms with Gasteiger partial charge in [-0.25, -0.2) is 4.98 Å². The Bertz CT molecular complexity index is 899. The molecule has 0 saturated heterocycles. The van der Waals surface area contributed by atoms with Crippen LogP contribution in [-0.2, 0) is 18.6 Å². The molecule has 0 unspecified atom stereocenters. The minimum atomic E-state index is 0.0239. The van der Waals surface area contributed by atoms with E-state index in [0.717, 1.165) is 39.8 Å². The summed E-state index contributed by atoms with van der Waals surface area (Å²) in [6, 6.07) is 8.16. The monoisotopic (exact) mass is 392 g/mol. The molecule has 1 aliphatic carbocycles. The third-order valence-corrected chi connectivity index (χ3v) is 6.55.